The fourth-order valence-electron chi connectivity index (χ4n) is 1.70. The Morgan fingerprint density at radius 3 is 2.47 bits per heavy atom. The molecule has 86 valence electrons. The van der Waals surface area contributed by atoms with Crippen molar-refractivity contribution in [1.29, 1.82) is 0 Å². The molecular formula is C14H12INO. The predicted octanol–water partition coefficient (Wildman–Crippen LogP) is 3.67. The van der Waals surface area contributed by atoms with Crippen LogP contribution in [0, 0.1) is 3.57 Å². The van der Waals surface area contributed by atoms with Gasteiger partial charge < -0.3 is 0 Å². The van der Waals surface area contributed by atoms with Gasteiger partial charge in [0.1, 0.15) is 0 Å². The highest BCUT2D eigenvalue weighted by Gasteiger charge is 2.18. The normalized spacial score (nSPS) is 12.1. The van der Waals surface area contributed by atoms with Crippen LogP contribution in [0.1, 0.15) is 28.8 Å². The third-order valence-electron chi connectivity index (χ3n) is 2.74. The summed E-state index contributed by atoms with van der Waals surface area (Å²) in [5.41, 5.74) is 1.79. The summed E-state index contributed by atoms with van der Waals surface area (Å²) in [4.78, 5) is 16.3. The third-order valence-corrected chi connectivity index (χ3v) is 3.68. The van der Waals surface area contributed by atoms with E-state index in [2.05, 4.69) is 27.6 Å². The second kappa shape index (κ2) is 5.40. The lowest BCUT2D eigenvalue weighted by atomic mass is 9.93. The minimum Gasteiger partial charge on any atom is -0.293 e. The summed E-state index contributed by atoms with van der Waals surface area (Å²) >= 11 is 2.20. The monoisotopic (exact) mass is 337 g/mol. The molecule has 0 aliphatic carbocycles. The van der Waals surface area contributed by atoms with Crippen molar-refractivity contribution in [3.63, 3.8) is 0 Å². The predicted molar refractivity (Wildman–Crippen MR) is 76.1 cm³/mol. The van der Waals surface area contributed by atoms with Gasteiger partial charge in [0.05, 0.1) is 0 Å². The molecule has 2 nitrogen and oxygen atoms in total. The van der Waals surface area contributed by atoms with Gasteiger partial charge in [-0.2, -0.15) is 0 Å². The fraction of sp³-hybridized carbons (Fsp3) is 0.143. The average molecular weight is 337 g/mol. The molecule has 0 amide bonds. The van der Waals surface area contributed by atoms with E-state index in [1.54, 1.807) is 12.4 Å². The molecular weight excluding hydrogens is 325 g/mol. The largest absolute Gasteiger partial charge is 0.293 e. The smallest absolute Gasteiger partial charge is 0.171 e. The molecule has 1 atom stereocenters. The summed E-state index contributed by atoms with van der Waals surface area (Å²) in [6.07, 6.45) is 3.43. The van der Waals surface area contributed by atoms with Crippen molar-refractivity contribution in [3.05, 3.63) is 63.5 Å². The Hall–Kier alpha value is -1.23. The van der Waals surface area contributed by atoms with Gasteiger partial charge in [-0.1, -0.05) is 25.1 Å². The molecule has 0 N–H and O–H groups in total. The van der Waals surface area contributed by atoms with Crippen LogP contribution in [0.3, 0.4) is 0 Å². The number of carbonyl (C=O) groups is 1. The van der Waals surface area contributed by atoms with E-state index in [1.165, 1.54) is 0 Å². The number of hydrogen-bond acceptors (Lipinski definition) is 2. The summed E-state index contributed by atoms with van der Waals surface area (Å²) < 4.78 is 0.996. The third kappa shape index (κ3) is 2.72. The average Bonchev–Trinajstić information content (AvgIpc) is 2.39. The number of nitrogens with zero attached hydrogens (tertiary/aromatic N) is 1. The highest BCUT2D eigenvalue weighted by molar-refractivity contribution is 14.1. The number of carbonyl (C=O) groups excluding carboxylic acids is 1. The molecule has 0 spiro atoms. The molecule has 0 radical (unpaired) electrons. The van der Waals surface area contributed by atoms with E-state index in [0.717, 1.165) is 14.7 Å². The number of pyridine rings is 1. The molecule has 0 aliphatic heterocycles. The van der Waals surface area contributed by atoms with Crippen LogP contribution in [0.4, 0.5) is 0 Å². The number of aromatic nitrogens is 1. The first-order valence-corrected chi connectivity index (χ1v) is 6.46. The molecule has 0 fully saturated rings. The number of Topliss-reactive ketones (excluding diaryl/α,β-unsaturated/α-hetero) is 1. The lowest BCUT2D eigenvalue weighted by Gasteiger charge is -2.11. The van der Waals surface area contributed by atoms with E-state index in [0.29, 0.717) is 0 Å². The van der Waals surface area contributed by atoms with E-state index < -0.39 is 0 Å². The van der Waals surface area contributed by atoms with Gasteiger partial charge in [0.25, 0.3) is 0 Å². The highest BCUT2D eigenvalue weighted by atomic mass is 127. The number of halogens is 1. The number of rotatable bonds is 3. The van der Waals surface area contributed by atoms with E-state index in [1.807, 2.05) is 43.3 Å². The maximum Gasteiger partial charge on any atom is 0.171 e. The van der Waals surface area contributed by atoms with E-state index in [-0.39, 0.29) is 11.7 Å². The van der Waals surface area contributed by atoms with Gasteiger partial charge >= 0.3 is 0 Å². The van der Waals surface area contributed by atoms with Gasteiger partial charge in [0.15, 0.2) is 5.78 Å². The van der Waals surface area contributed by atoms with Crippen molar-refractivity contribution < 1.29 is 4.79 Å². The van der Waals surface area contributed by atoms with Gasteiger partial charge in [0.2, 0.25) is 0 Å². The molecule has 0 bridgehead atoms. The Morgan fingerprint density at radius 2 is 1.82 bits per heavy atom. The summed E-state index contributed by atoms with van der Waals surface area (Å²) in [6.45, 7) is 1.93. The van der Waals surface area contributed by atoms with Crippen LogP contribution in [-0.2, 0) is 0 Å². The quantitative estimate of drug-likeness (QED) is 0.632. The molecule has 1 aromatic heterocycles. The lowest BCUT2D eigenvalue weighted by molar-refractivity contribution is 0.0965. The minimum atomic E-state index is -0.131. The van der Waals surface area contributed by atoms with E-state index >= 15 is 0 Å². The minimum absolute atomic E-state index is 0.131. The molecule has 1 aromatic carbocycles. The van der Waals surface area contributed by atoms with Crippen LogP contribution < -0.4 is 0 Å². The molecule has 17 heavy (non-hydrogen) atoms. The molecule has 3 heteroatoms. The van der Waals surface area contributed by atoms with Crippen molar-refractivity contribution in [2.45, 2.75) is 12.8 Å². The topological polar surface area (TPSA) is 30.0 Å². The molecule has 0 saturated heterocycles. The van der Waals surface area contributed by atoms with Crippen LogP contribution in [0.2, 0.25) is 0 Å². The van der Waals surface area contributed by atoms with Gasteiger partial charge in [-0.3, -0.25) is 9.78 Å². The maximum atomic E-state index is 12.3. The Labute approximate surface area is 114 Å². The molecule has 2 aromatic rings. The van der Waals surface area contributed by atoms with Crippen LogP contribution in [0.5, 0.6) is 0 Å². The number of benzene rings is 1. The van der Waals surface area contributed by atoms with Crippen molar-refractivity contribution in [2.75, 3.05) is 0 Å². The van der Waals surface area contributed by atoms with Crippen molar-refractivity contribution in [1.82, 2.24) is 4.98 Å². The second-order valence-corrected chi connectivity index (χ2v) is 5.01. The van der Waals surface area contributed by atoms with Gasteiger partial charge in [-0.15, -0.1) is 0 Å². The zero-order valence-electron chi connectivity index (χ0n) is 9.43. The van der Waals surface area contributed by atoms with Crippen LogP contribution in [0.25, 0.3) is 0 Å². The number of hydrogen-bond donors (Lipinski definition) is 0. The molecule has 1 unspecified atom stereocenters. The van der Waals surface area contributed by atoms with E-state index in [4.69, 9.17) is 0 Å². The molecule has 0 aliphatic rings. The SMILES string of the molecule is CC(C(=O)c1ccccc1I)c1ccncc1. The van der Waals surface area contributed by atoms with Crippen molar-refractivity contribution >= 4 is 28.4 Å². The summed E-state index contributed by atoms with van der Waals surface area (Å²) in [5.74, 6) is 0.0233. The first kappa shape index (κ1) is 12.2. The Balaban J connectivity index is 2.30. The van der Waals surface area contributed by atoms with E-state index in [9.17, 15) is 4.79 Å². The van der Waals surface area contributed by atoms with Gasteiger partial charge in [0, 0.05) is 27.4 Å². The zero-order valence-corrected chi connectivity index (χ0v) is 11.6. The van der Waals surface area contributed by atoms with Crippen molar-refractivity contribution in [3.8, 4) is 0 Å². The molecule has 2 rings (SSSR count). The molecule has 1 heterocycles. The van der Waals surface area contributed by atoms with Crippen molar-refractivity contribution in [2.24, 2.45) is 0 Å². The first-order valence-electron chi connectivity index (χ1n) is 5.39. The van der Waals surface area contributed by atoms with Gasteiger partial charge in [-0.25, -0.2) is 0 Å². The van der Waals surface area contributed by atoms with Crippen LogP contribution in [-0.4, -0.2) is 10.8 Å². The zero-order chi connectivity index (χ0) is 12.3. The maximum absolute atomic E-state index is 12.3. The summed E-state index contributed by atoms with van der Waals surface area (Å²) in [5, 5.41) is 0. The number of ketones is 1. The Morgan fingerprint density at radius 1 is 1.18 bits per heavy atom. The Bertz CT molecular complexity index is 525. The second-order valence-electron chi connectivity index (χ2n) is 3.85. The summed E-state index contributed by atoms with van der Waals surface area (Å²) in [7, 11) is 0. The fourth-order valence-corrected chi connectivity index (χ4v) is 2.35. The standard InChI is InChI=1S/C14H12INO/c1-10(11-6-8-16-9-7-11)14(17)12-4-2-3-5-13(12)15/h2-10H,1H3. The Kier molecular flexibility index (Phi) is 3.89. The lowest BCUT2D eigenvalue weighted by Crippen LogP contribution is -2.11. The highest BCUT2D eigenvalue weighted by Crippen LogP contribution is 2.22. The van der Waals surface area contributed by atoms with Crippen LogP contribution >= 0.6 is 22.6 Å². The summed E-state index contributed by atoms with van der Waals surface area (Å²) in [6, 6.07) is 11.4. The van der Waals surface area contributed by atoms with Crippen LogP contribution in [0.15, 0.2) is 48.8 Å². The van der Waals surface area contributed by atoms with Gasteiger partial charge in [-0.05, 0) is 46.4 Å². The molecule has 0 saturated carbocycles. The first-order chi connectivity index (χ1) is 8.20.